The highest BCUT2D eigenvalue weighted by Crippen LogP contribution is 2.27. The van der Waals surface area contributed by atoms with E-state index in [0.29, 0.717) is 0 Å². The van der Waals surface area contributed by atoms with Gasteiger partial charge in [0.1, 0.15) is 5.52 Å². The SMILES string of the molecule is CNCCn1c2ccccc2c2nc3ccccc3nc21. The molecule has 0 aliphatic rings. The van der Waals surface area contributed by atoms with Crippen LogP contribution in [0.3, 0.4) is 0 Å². The van der Waals surface area contributed by atoms with Crippen LogP contribution in [0.15, 0.2) is 48.5 Å². The van der Waals surface area contributed by atoms with Crippen LogP contribution >= 0.6 is 0 Å². The number of rotatable bonds is 3. The van der Waals surface area contributed by atoms with Gasteiger partial charge in [0.05, 0.1) is 16.6 Å². The maximum Gasteiger partial charge on any atom is 0.160 e. The van der Waals surface area contributed by atoms with E-state index < -0.39 is 0 Å². The Bertz CT molecular complexity index is 939. The third-order valence-corrected chi connectivity index (χ3v) is 3.84. The average Bonchev–Trinajstić information content (AvgIpc) is 2.84. The summed E-state index contributed by atoms with van der Waals surface area (Å²) in [5.74, 6) is 0. The lowest BCUT2D eigenvalue weighted by atomic mass is 10.2. The number of para-hydroxylation sites is 3. The molecule has 0 radical (unpaired) electrons. The molecule has 1 N–H and O–H groups in total. The fraction of sp³-hybridized carbons (Fsp3) is 0.176. The monoisotopic (exact) mass is 276 g/mol. The van der Waals surface area contributed by atoms with E-state index in [2.05, 4.69) is 34.1 Å². The van der Waals surface area contributed by atoms with Gasteiger partial charge in [-0.15, -0.1) is 0 Å². The van der Waals surface area contributed by atoms with Crippen LogP contribution in [-0.2, 0) is 6.54 Å². The van der Waals surface area contributed by atoms with Gasteiger partial charge < -0.3 is 9.88 Å². The van der Waals surface area contributed by atoms with E-state index in [1.807, 2.05) is 31.3 Å². The number of hydrogen-bond acceptors (Lipinski definition) is 3. The normalized spacial score (nSPS) is 11.7. The highest BCUT2D eigenvalue weighted by atomic mass is 15.1. The van der Waals surface area contributed by atoms with Crippen molar-refractivity contribution in [2.45, 2.75) is 6.54 Å². The van der Waals surface area contributed by atoms with Crippen molar-refractivity contribution in [3.8, 4) is 0 Å². The van der Waals surface area contributed by atoms with Crippen molar-refractivity contribution in [1.29, 1.82) is 0 Å². The third-order valence-electron chi connectivity index (χ3n) is 3.84. The summed E-state index contributed by atoms with van der Waals surface area (Å²) >= 11 is 0. The Morgan fingerprint density at radius 3 is 2.48 bits per heavy atom. The maximum atomic E-state index is 4.84. The fourth-order valence-electron chi connectivity index (χ4n) is 2.83. The summed E-state index contributed by atoms with van der Waals surface area (Å²) in [7, 11) is 1.97. The van der Waals surface area contributed by atoms with Gasteiger partial charge >= 0.3 is 0 Å². The minimum Gasteiger partial charge on any atom is -0.323 e. The Hall–Kier alpha value is -2.46. The van der Waals surface area contributed by atoms with Crippen LogP contribution in [0.5, 0.6) is 0 Å². The molecule has 0 aliphatic carbocycles. The van der Waals surface area contributed by atoms with Crippen molar-refractivity contribution in [2.75, 3.05) is 13.6 Å². The summed E-state index contributed by atoms with van der Waals surface area (Å²) in [5.41, 5.74) is 5.03. The Balaban J connectivity index is 2.13. The molecule has 4 rings (SSSR count). The largest absolute Gasteiger partial charge is 0.323 e. The minimum atomic E-state index is 0.882. The molecule has 2 aromatic heterocycles. The molecule has 0 bridgehead atoms. The van der Waals surface area contributed by atoms with Crippen LogP contribution in [0, 0.1) is 0 Å². The van der Waals surface area contributed by atoms with E-state index in [4.69, 9.17) is 9.97 Å². The quantitative estimate of drug-likeness (QED) is 0.625. The summed E-state index contributed by atoms with van der Waals surface area (Å²) < 4.78 is 2.25. The third kappa shape index (κ3) is 1.87. The smallest absolute Gasteiger partial charge is 0.160 e. The van der Waals surface area contributed by atoms with E-state index in [1.165, 1.54) is 10.9 Å². The summed E-state index contributed by atoms with van der Waals surface area (Å²) in [6.07, 6.45) is 0. The first-order chi connectivity index (χ1) is 10.4. The lowest BCUT2D eigenvalue weighted by Crippen LogP contribution is -2.15. The fourth-order valence-corrected chi connectivity index (χ4v) is 2.83. The van der Waals surface area contributed by atoms with E-state index in [-0.39, 0.29) is 0 Å². The average molecular weight is 276 g/mol. The highest BCUT2D eigenvalue weighted by Gasteiger charge is 2.13. The van der Waals surface area contributed by atoms with Gasteiger partial charge in [-0.25, -0.2) is 9.97 Å². The molecule has 2 aromatic carbocycles. The van der Waals surface area contributed by atoms with Crippen molar-refractivity contribution in [2.24, 2.45) is 0 Å². The second kappa shape index (κ2) is 4.82. The van der Waals surface area contributed by atoms with Gasteiger partial charge in [-0.05, 0) is 25.2 Å². The molecule has 4 heteroatoms. The first kappa shape index (κ1) is 12.3. The predicted octanol–water partition coefficient (Wildman–Crippen LogP) is 2.96. The number of fused-ring (bicyclic) bond motifs is 4. The molecule has 0 unspecified atom stereocenters. The summed E-state index contributed by atoms with van der Waals surface area (Å²) in [6, 6.07) is 16.4. The molecule has 104 valence electrons. The first-order valence-electron chi connectivity index (χ1n) is 7.17. The summed E-state index contributed by atoms with van der Waals surface area (Å²) in [4.78, 5) is 9.67. The molecule has 21 heavy (non-hydrogen) atoms. The van der Waals surface area contributed by atoms with Gasteiger partial charge in [0.25, 0.3) is 0 Å². The van der Waals surface area contributed by atoms with Crippen LogP contribution in [0.1, 0.15) is 0 Å². The van der Waals surface area contributed by atoms with Gasteiger partial charge in [0.2, 0.25) is 0 Å². The maximum absolute atomic E-state index is 4.84. The topological polar surface area (TPSA) is 42.7 Å². The molecule has 2 heterocycles. The Kier molecular flexibility index (Phi) is 2.82. The van der Waals surface area contributed by atoms with Gasteiger partial charge in [-0.1, -0.05) is 30.3 Å². The van der Waals surface area contributed by atoms with Crippen molar-refractivity contribution in [3.05, 3.63) is 48.5 Å². The van der Waals surface area contributed by atoms with Crippen LogP contribution in [0.2, 0.25) is 0 Å². The zero-order valence-corrected chi connectivity index (χ0v) is 11.9. The van der Waals surface area contributed by atoms with Crippen molar-refractivity contribution < 1.29 is 0 Å². The molecule has 4 aromatic rings. The standard InChI is InChI=1S/C17H16N4/c1-18-10-11-21-15-9-5-2-6-12(15)16-17(21)20-14-8-4-3-7-13(14)19-16/h2-9,18H,10-11H2,1H3. The van der Waals surface area contributed by atoms with Crippen LogP contribution < -0.4 is 5.32 Å². The van der Waals surface area contributed by atoms with E-state index in [1.54, 1.807) is 0 Å². The molecule has 0 amide bonds. The molecule has 0 saturated carbocycles. The number of nitrogens with zero attached hydrogens (tertiary/aromatic N) is 3. The van der Waals surface area contributed by atoms with E-state index in [9.17, 15) is 0 Å². The molecular formula is C17H16N4. The Morgan fingerprint density at radius 2 is 1.67 bits per heavy atom. The lowest BCUT2D eigenvalue weighted by Gasteiger charge is -2.06. The predicted molar refractivity (Wildman–Crippen MR) is 86.5 cm³/mol. The van der Waals surface area contributed by atoms with Crippen molar-refractivity contribution in [1.82, 2.24) is 19.9 Å². The van der Waals surface area contributed by atoms with Crippen molar-refractivity contribution in [3.63, 3.8) is 0 Å². The summed E-state index contributed by atoms with van der Waals surface area (Å²) in [5, 5.41) is 4.37. The highest BCUT2D eigenvalue weighted by molar-refractivity contribution is 6.06. The number of likely N-dealkylation sites (N-methyl/N-ethyl adjacent to an activating group) is 1. The van der Waals surface area contributed by atoms with Crippen molar-refractivity contribution >= 4 is 33.1 Å². The zero-order chi connectivity index (χ0) is 14.2. The van der Waals surface area contributed by atoms with Crippen LogP contribution in [-0.4, -0.2) is 28.1 Å². The molecule has 4 nitrogen and oxygen atoms in total. The zero-order valence-electron chi connectivity index (χ0n) is 11.9. The number of hydrogen-bond donors (Lipinski definition) is 1. The first-order valence-corrected chi connectivity index (χ1v) is 7.17. The molecule has 0 spiro atoms. The number of nitrogens with one attached hydrogen (secondary N) is 1. The van der Waals surface area contributed by atoms with Gasteiger partial charge in [0, 0.05) is 18.5 Å². The molecule has 0 atom stereocenters. The molecule has 0 saturated heterocycles. The van der Waals surface area contributed by atoms with Crippen LogP contribution in [0.25, 0.3) is 33.1 Å². The minimum absolute atomic E-state index is 0.882. The van der Waals surface area contributed by atoms with Crippen LogP contribution in [0.4, 0.5) is 0 Å². The second-order valence-electron chi connectivity index (χ2n) is 5.16. The molecular weight excluding hydrogens is 260 g/mol. The van der Waals surface area contributed by atoms with Gasteiger partial charge in [0.15, 0.2) is 5.65 Å². The van der Waals surface area contributed by atoms with E-state index in [0.717, 1.165) is 35.3 Å². The Morgan fingerprint density at radius 1 is 0.952 bits per heavy atom. The Labute approximate surface area is 122 Å². The molecule has 0 aliphatic heterocycles. The van der Waals surface area contributed by atoms with Gasteiger partial charge in [-0.3, -0.25) is 0 Å². The lowest BCUT2D eigenvalue weighted by molar-refractivity contribution is 0.673. The summed E-state index contributed by atoms with van der Waals surface area (Å²) in [6.45, 7) is 1.79. The second-order valence-corrected chi connectivity index (χ2v) is 5.16. The van der Waals surface area contributed by atoms with Gasteiger partial charge in [-0.2, -0.15) is 0 Å². The number of benzene rings is 2. The number of aromatic nitrogens is 3. The molecule has 0 fully saturated rings. The van der Waals surface area contributed by atoms with E-state index >= 15 is 0 Å².